The maximum atomic E-state index is 12.6. The number of piperidine rings is 1. The molecule has 0 aliphatic carbocycles. The van der Waals surface area contributed by atoms with E-state index in [4.69, 9.17) is 4.74 Å². The van der Waals surface area contributed by atoms with Crippen LogP contribution in [-0.2, 0) is 24.3 Å². The average Bonchev–Trinajstić information content (AvgIpc) is 3.54. The first-order valence-electron chi connectivity index (χ1n) is 11.2. The molecule has 1 N–H and O–H groups in total. The molecule has 2 saturated heterocycles. The molecule has 10 heteroatoms. The molecular weight excluding hydrogens is 462 g/mol. The number of thiophene rings is 1. The van der Waals surface area contributed by atoms with Gasteiger partial charge in [0.2, 0.25) is 0 Å². The number of nitrogens with one attached hydrogen (secondary N) is 1. The number of esters is 1. The fourth-order valence-electron chi connectivity index (χ4n) is 4.27. The molecule has 0 bridgehead atoms. The fourth-order valence-corrected chi connectivity index (χ4v) is 6.88. The molecule has 3 heterocycles. The van der Waals surface area contributed by atoms with Gasteiger partial charge in [-0.05, 0) is 67.8 Å². The SMILES string of the molecule is Cc1cc(N2CCCC2)ccc1NC(=O)COC(=O)C1CCN(S(=O)(=O)c2cccs2)CC1. The number of hydrogen-bond donors (Lipinski definition) is 1. The van der Waals surface area contributed by atoms with E-state index in [0.29, 0.717) is 22.7 Å². The van der Waals surface area contributed by atoms with E-state index in [9.17, 15) is 18.0 Å². The van der Waals surface area contributed by atoms with Crippen molar-refractivity contribution in [2.75, 3.05) is 43.0 Å². The molecule has 2 fully saturated rings. The predicted octanol–water partition coefficient (Wildman–Crippen LogP) is 3.24. The molecule has 0 spiro atoms. The lowest BCUT2D eigenvalue weighted by Gasteiger charge is -2.29. The monoisotopic (exact) mass is 491 g/mol. The zero-order chi connectivity index (χ0) is 23.4. The van der Waals surface area contributed by atoms with Gasteiger partial charge in [-0.15, -0.1) is 11.3 Å². The largest absolute Gasteiger partial charge is 0.455 e. The van der Waals surface area contributed by atoms with Gasteiger partial charge in [-0.1, -0.05) is 6.07 Å². The number of sulfonamides is 1. The highest BCUT2D eigenvalue weighted by Gasteiger charge is 2.33. The summed E-state index contributed by atoms with van der Waals surface area (Å²) in [5.41, 5.74) is 2.81. The molecule has 0 radical (unpaired) electrons. The second kappa shape index (κ2) is 10.2. The summed E-state index contributed by atoms with van der Waals surface area (Å²) in [6, 6.07) is 9.23. The van der Waals surface area contributed by atoms with Crippen LogP contribution < -0.4 is 10.2 Å². The molecule has 4 rings (SSSR count). The highest BCUT2D eigenvalue weighted by Crippen LogP contribution is 2.27. The smallest absolute Gasteiger partial charge is 0.309 e. The van der Waals surface area contributed by atoms with Crippen LogP contribution in [0.25, 0.3) is 0 Å². The highest BCUT2D eigenvalue weighted by atomic mass is 32.2. The van der Waals surface area contributed by atoms with Gasteiger partial charge >= 0.3 is 5.97 Å². The molecule has 33 heavy (non-hydrogen) atoms. The van der Waals surface area contributed by atoms with Gasteiger partial charge in [0.15, 0.2) is 6.61 Å². The number of carbonyl (C=O) groups excluding carboxylic acids is 2. The molecule has 2 aromatic rings. The lowest BCUT2D eigenvalue weighted by Crippen LogP contribution is -2.40. The molecule has 2 aliphatic heterocycles. The number of nitrogens with zero attached hydrogens (tertiary/aromatic N) is 2. The van der Waals surface area contributed by atoms with Crippen molar-refractivity contribution in [1.82, 2.24) is 4.31 Å². The number of hydrogen-bond acceptors (Lipinski definition) is 7. The van der Waals surface area contributed by atoms with Gasteiger partial charge < -0.3 is 15.0 Å². The first-order chi connectivity index (χ1) is 15.8. The molecule has 1 amide bonds. The minimum absolute atomic E-state index is 0.259. The molecule has 0 atom stereocenters. The predicted molar refractivity (Wildman–Crippen MR) is 128 cm³/mol. The minimum atomic E-state index is -3.51. The van der Waals surface area contributed by atoms with Gasteiger partial charge in [0.25, 0.3) is 15.9 Å². The maximum absolute atomic E-state index is 12.6. The van der Waals surface area contributed by atoms with Gasteiger partial charge in [-0.25, -0.2) is 8.42 Å². The van der Waals surface area contributed by atoms with Crippen LogP contribution in [0.1, 0.15) is 31.2 Å². The molecule has 178 valence electrons. The van der Waals surface area contributed by atoms with E-state index < -0.39 is 27.8 Å². The van der Waals surface area contributed by atoms with E-state index in [0.717, 1.165) is 24.3 Å². The molecular formula is C23H29N3O5S2. The van der Waals surface area contributed by atoms with Gasteiger partial charge in [0.05, 0.1) is 5.92 Å². The van der Waals surface area contributed by atoms with Crippen LogP contribution in [0.3, 0.4) is 0 Å². The van der Waals surface area contributed by atoms with Gasteiger partial charge in [-0.2, -0.15) is 4.31 Å². The minimum Gasteiger partial charge on any atom is -0.455 e. The molecule has 8 nitrogen and oxygen atoms in total. The molecule has 0 unspecified atom stereocenters. The number of benzene rings is 1. The van der Waals surface area contributed by atoms with Crippen molar-refractivity contribution in [2.24, 2.45) is 5.92 Å². The van der Waals surface area contributed by atoms with E-state index in [2.05, 4.69) is 16.3 Å². The van der Waals surface area contributed by atoms with Crippen LogP contribution in [-0.4, -0.2) is 57.4 Å². The Morgan fingerprint density at radius 3 is 2.48 bits per heavy atom. The summed E-state index contributed by atoms with van der Waals surface area (Å²) in [4.78, 5) is 27.1. The summed E-state index contributed by atoms with van der Waals surface area (Å²) in [7, 11) is -3.51. The second-order valence-electron chi connectivity index (χ2n) is 8.46. The average molecular weight is 492 g/mol. The van der Waals surface area contributed by atoms with Crippen LogP contribution in [0.5, 0.6) is 0 Å². The van der Waals surface area contributed by atoms with E-state index >= 15 is 0 Å². The van der Waals surface area contributed by atoms with E-state index in [1.165, 1.54) is 28.5 Å². The van der Waals surface area contributed by atoms with Gasteiger partial charge in [0.1, 0.15) is 4.21 Å². The Bertz CT molecular complexity index is 1090. The Balaban J connectivity index is 1.23. The lowest BCUT2D eigenvalue weighted by molar-refractivity contribution is -0.152. The third-order valence-electron chi connectivity index (χ3n) is 6.18. The van der Waals surface area contributed by atoms with Crippen LogP contribution in [0, 0.1) is 12.8 Å². The summed E-state index contributed by atoms with van der Waals surface area (Å²) in [6.07, 6.45) is 3.16. The Hall–Kier alpha value is -2.43. The van der Waals surface area contributed by atoms with Crippen molar-refractivity contribution in [3.8, 4) is 0 Å². The Morgan fingerprint density at radius 2 is 1.85 bits per heavy atom. The van der Waals surface area contributed by atoms with E-state index in [1.807, 2.05) is 19.1 Å². The van der Waals surface area contributed by atoms with E-state index in [-0.39, 0.29) is 19.7 Å². The van der Waals surface area contributed by atoms with Crippen molar-refractivity contribution < 1.29 is 22.7 Å². The van der Waals surface area contributed by atoms with Gasteiger partial charge in [-0.3, -0.25) is 9.59 Å². The van der Waals surface area contributed by atoms with Crippen LogP contribution in [0.2, 0.25) is 0 Å². The number of anilines is 2. The normalized spacial score (nSPS) is 17.8. The number of carbonyl (C=O) groups is 2. The zero-order valence-electron chi connectivity index (χ0n) is 18.7. The first kappa shape index (κ1) is 23.7. The molecule has 0 saturated carbocycles. The van der Waals surface area contributed by atoms with Gasteiger partial charge in [0, 0.05) is 37.6 Å². The van der Waals surface area contributed by atoms with Crippen LogP contribution in [0.15, 0.2) is 39.9 Å². The topological polar surface area (TPSA) is 96.0 Å². The molecule has 1 aromatic carbocycles. The highest BCUT2D eigenvalue weighted by molar-refractivity contribution is 7.91. The summed E-state index contributed by atoms with van der Waals surface area (Å²) in [5, 5.41) is 4.54. The lowest BCUT2D eigenvalue weighted by atomic mass is 9.98. The third-order valence-corrected chi connectivity index (χ3v) is 9.45. The molecule has 2 aliphatic rings. The Labute approximate surface area is 198 Å². The van der Waals surface area contributed by atoms with Crippen LogP contribution >= 0.6 is 11.3 Å². The fraction of sp³-hybridized carbons (Fsp3) is 0.478. The van der Waals surface area contributed by atoms with E-state index in [1.54, 1.807) is 17.5 Å². The summed E-state index contributed by atoms with van der Waals surface area (Å²) in [6.45, 7) is 4.21. The second-order valence-corrected chi connectivity index (χ2v) is 11.6. The summed E-state index contributed by atoms with van der Waals surface area (Å²) in [5.74, 6) is -1.26. The maximum Gasteiger partial charge on any atom is 0.309 e. The standard InChI is InChI=1S/C23H29N3O5S2/c1-17-15-19(25-10-2-3-11-25)6-7-20(17)24-21(27)16-31-23(28)18-8-12-26(13-9-18)33(29,30)22-5-4-14-32-22/h4-7,14-15,18H,2-3,8-13,16H2,1H3,(H,24,27). The first-order valence-corrected chi connectivity index (χ1v) is 13.5. The van der Waals surface area contributed by atoms with Crippen molar-refractivity contribution in [2.45, 2.75) is 36.8 Å². The number of rotatable bonds is 7. The van der Waals surface area contributed by atoms with Crippen LogP contribution in [0.4, 0.5) is 11.4 Å². The quantitative estimate of drug-likeness (QED) is 0.598. The number of aryl methyl sites for hydroxylation is 1. The number of ether oxygens (including phenoxy) is 1. The Morgan fingerprint density at radius 1 is 1.12 bits per heavy atom. The Kier molecular flexibility index (Phi) is 7.35. The van der Waals surface area contributed by atoms with Crippen molar-refractivity contribution >= 4 is 44.6 Å². The van der Waals surface area contributed by atoms with Crippen molar-refractivity contribution in [3.05, 3.63) is 41.3 Å². The van der Waals surface area contributed by atoms with Crippen molar-refractivity contribution in [1.29, 1.82) is 0 Å². The summed E-state index contributed by atoms with van der Waals surface area (Å²) >= 11 is 1.18. The third kappa shape index (κ3) is 5.56. The number of amides is 1. The van der Waals surface area contributed by atoms with Crippen molar-refractivity contribution in [3.63, 3.8) is 0 Å². The zero-order valence-corrected chi connectivity index (χ0v) is 20.3. The molecule has 1 aromatic heterocycles. The summed E-state index contributed by atoms with van der Waals surface area (Å²) < 4.78 is 32.1.